The number of anilines is 1. The zero-order valence-corrected chi connectivity index (χ0v) is 19.2. The second-order valence-electron chi connectivity index (χ2n) is 8.14. The molecule has 2 aromatic carbocycles. The Balaban J connectivity index is 1.26. The first kappa shape index (κ1) is 22.9. The first-order chi connectivity index (χ1) is 17.6. The molecule has 3 heterocycles. The molecule has 5 rings (SSSR count). The van der Waals surface area contributed by atoms with E-state index in [1.807, 2.05) is 60.8 Å². The number of aromatic amines is 1. The molecule has 0 bridgehead atoms. The lowest BCUT2D eigenvalue weighted by Crippen LogP contribution is -2.28. The number of hydrogen-bond acceptors (Lipinski definition) is 5. The van der Waals surface area contributed by atoms with Gasteiger partial charge in [0.1, 0.15) is 12.3 Å². The number of carbonyl (C=O) groups is 2. The fourth-order valence-corrected chi connectivity index (χ4v) is 3.98. The van der Waals surface area contributed by atoms with E-state index in [0.717, 1.165) is 22.0 Å². The number of rotatable bonds is 7. The third-order valence-corrected chi connectivity index (χ3v) is 5.78. The van der Waals surface area contributed by atoms with Crippen molar-refractivity contribution in [3.05, 3.63) is 112 Å². The standard InChI is InChI=1S/C27H23N5O4/c33-25(28-13-12-19-15-29-22-11-5-4-9-20(19)22)21-10-6-14-32-24(21)30-16-23(26(32)34)31-27(35)36-17-18-7-2-1-3-8-18/h1-11,14-16,29H,12-13,17H2,(H,28,33)(H,31,35). The van der Waals surface area contributed by atoms with Crippen molar-refractivity contribution in [2.45, 2.75) is 13.0 Å². The summed E-state index contributed by atoms with van der Waals surface area (Å²) in [7, 11) is 0. The Morgan fingerprint density at radius 2 is 1.81 bits per heavy atom. The van der Waals surface area contributed by atoms with E-state index in [4.69, 9.17) is 4.74 Å². The molecule has 180 valence electrons. The van der Waals surface area contributed by atoms with E-state index in [1.165, 1.54) is 16.8 Å². The number of nitrogens with zero attached hydrogens (tertiary/aromatic N) is 2. The highest BCUT2D eigenvalue weighted by molar-refractivity contribution is 6.00. The van der Waals surface area contributed by atoms with Crippen LogP contribution in [-0.2, 0) is 17.8 Å². The van der Waals surface area contributed by atoms with Crippen molar-refractivity contribution < 1.29 is 14.3 Å². The van der Waals surface area contributed by atoms with Crippen LogP contribution in [0.3, 0.4) is 0 Å². The van der Waals surface area contributed by atoms with Crippen molar-refractivity contribution in [3.63, 3.8) is 0 Å². The number of hydrogen-bond donors (Lipinski definition) is 3. The summed E-state index contributed by atoms with van der Waals surface area (Å²) >= 11 is 0. The van der Waals surface area contributed by atoms with Gasteiger partial charge >= 0.3 is 6.09 Å². The van der Waals surface area contributed by atoms with Crippen LogP contribution in [0.25, 0.3) is 16.6 Å². The average Bonchev–Trinajstić information content (AvgIpc) is 3.32. The number of aromatic nitrogens is 3. The van der Waals surface area contributed by atoms with Crippen LogP contribution in [0.2, 0.25) is 0 Å². The lowest BCUT2D eigenvalue weighted by atomic mass is 10.1. The Labute approximate surface area is 205 Å². The maximum absolute atomic E-state index is 12.9. The Morgan fingerprint density at radius 3 is 2.67 bits per heavy atom. The van der Waals surface area contributed by atoms with E-state index in [2.05, 4.69) is 20.6 Å². The highest BCUT2D eigenvalue weighted by Crippen LogP contribution is 2.18. The van der Waals surface area contributed by atoms with Crippen LogP contribution in [0.5, 0.6) is 0 Å². The monoisotopic (exact) mass is 481 g/mol. The molecule has 0 spiro atoms. The van der Waals surface area contributed by atoms with Crippen LogP contribution in [-0.4, -0.2) is 32.9 Å². The van der Waals surface area contributed by atoms with Gasteiger partial charge < -0.3 is 15.0 Å². The highest BCUT2D eigenvalue weighted by Gasteiger charge is 2.15. The minimum Gasteiger partial charge on any atom is -0.444 e. The first-order valence-corrected chi connectivity index (χ1v) is 11.4. The van der Waals surface area contributed by atoms with Crippen LogP contribution in [0.1, 0.15) is 21.5 Å². The van der Waals surface area contributed by atoms with Gasteiger partial charge in [-0.3, -0.25) is 19.3 Å². The molecular formula is C27H23N5O4. The molecule has 2 amide bonds. The number of amides is 2. The zero-order valence-electron chi connectivity index (χ0n) is 19.2. The maximum Gasteiger partial charge on any atom is 0.412 e. The molecule has 0 aliphatic rings. The molecule has 0 radical (unpaired) electrons. The molecule has 5 aromatic rings. The van der Waals surface area contributed by atoms with Gasteiger partial charge in [-0.15, -0.1) is 0 Å². The second kappa shape index (κ2) is 10.1. The summed E-state index contributed by atoms with van der Waals surface area (Å²) in [5.41, 5.74) is 2.84. The topological polar surface area (TPSA) is 118 Å². The Morgan fingerprint density at radius 1 is 1.00 bits per heavy atom. The van der Waals surface area contributed by atoms with Crippen molar-refractivity contribution >= 4 is 34.2 Å². The van der Waals surface area contributed by atoms with Crippen LogP contribution >= 0.6 is 0 Å². The molecule has 0 saturated carbocycles. The Kier molecular flexibility index (Phi) is 6.44. The van der Waals surface area contributed by atoms with E-state index in [9.17, 15) is 14.4 Å². The van der Waals surface area contributed by atoms with Crippen molar-refractivity contribution in [3.8, 4) is 0 Å². The molecular weight excluding hydrogens is 458 g/mol. The number of benzene rings is 2. The molecule has 0 atom stereocenters. The van der Waals surface area contributed by atoms with Crippen LogP contribution < -0.4 is 16.2 Å². The minimum atomic E-state index is -0.774. The molecule has 0 unspecified atom stereocenters. The van der Waals surface area contributed by atoms with Crippen molar-refractivity contribution in [2.24, 2.45) is 0 Å². The zero-order chi connectivity index (χ0) is 24.9. The lowest BCUT2D eigenvalue weighted by molar-refractivity contribution is 0.0955. The molecule has 0 saturated heterocycles. The number of fused-ring (bicyclic) bond motifs is 2. The molecule has 0 fully saturated rings. The van der Waals surface area contributed by atoms with Gasteiger partial charge in [-0.2, -0.15) is 0 Å². The summed E-state index contributed by atoms with van der Waals surface area (Å²) in [6.45, 7) is 0.483. The largest absolute Gasteiger partial charge is 0.444 e. The summed E-state index contributed by atoms with van der Waals surface area (Å²) in [5, 5.41) is 6.44. The number of pyridine rings is 1. The van der Waals surface area contributed by atoms with E-state index in [1.54, 1.807) is 12.1 Å². The lowest BCUT2D eigenvalue weighted by Gasteiger charge is -2.10. The van der Waals surface area contributed by atoms with Crippen LogP contribution in [0, 0.1) is 0 Å². The predicted octanol–water partition coefficient (Wildman–Crippen LogP) is 3.90. The van der Waals surface area contributed by atoms with Crippen molar-refractivity contribution in [2.75, 3.05) is 11.9 Å². The quantitative estimate of drug-likeness (QED) is 0.326. The van der Waals surface area contributed by atoms with Gasteiger partial charge in [-0.05, 0) is 35.7 Å². The molecule has 0 aliphatic heterocycles. The summed E-state index contributed by atoms with van der Waals surface area (Å²) in [5.74, 6) is -0.345. The van der Waals surface area contributed by atoms with Crippen molar-refractivity contribution in [1.29, 1.82) is 0 Å². The van der Waals surface area contributed by atoms with Gasteiger partial charge in [0.25, 0.3) is 11.5 Å². The molecule has 9 nitrogen and oxygen atoms in total. The van der Waals surface area contributed by atoms with Crippen molar-refractivity contribution in [1.82, 2.24) is 19.7 Å². The van der Waals surface area contributed by atoms with E-state index in [0.29, 0.717) is 13.0 Å². The van der Waals surface area contributed by atoms with E-state index < -0.39 is 11.7 Å². The Bertz CT molecular complexity index is 1610. The average molecular weight is 482 g/mol. The molecule has 9 heteroatoms. The third-order valence-electron chi connectivity index (χ3n) is 5.78. The third kappa shape index (κ3) is 4.80. The van der Waals surface area contributed by atoms with Gasteiger partial charge in [0.2, 0.25) is 0 Å². The SMILES string of the molecule is O=C(Nc1cnc2c(C(=O)NCCc3c[nH]c4ccccc34)cccn2c1=O)OCc1ccccc1. The molecule has 36 heavy (non-hydrogen) atoms. The number of H-pyrrole nitrogens is 1. The summed E-state index contributed by atoms with van der Waals surface area (Å²) in [6.07, 6.45) is 4.53. The molecule has 3 aromatic heterocycles. The number of ether oxygens (including phenoxy) is 1. The van der Waals surface area contributed by atoms with E-state index >= 15 is 0 Å². The summed E-state index contributed by atoms with van der Waals surface area (Å²) in [4.78, 5) is 45.5. The van der Waals surface area contributed by atoms with Gasteiger partial charge in [-0.1, -0.05) is 48.5 Å². The number of para-hydroxylation sites is 1. The summed E-state index contributed by atoms with van der Waals surface area (Å²) < 4.78 is 6.39. The van der Waals surface area contributed by atoms with Gasteiger partial charge in [-0.25, -0.2) is 9.78 Å². The normalized spacial score (nSPS) is 10.9. The smallest absolute Gasteiger partial charge is 0.412 e. The fourth-order valence-electron chi connectivity index (χ4n) is 3.98. The number of nitrogens with one attached hydrogen (secondary N) is 3. The highest BCUT2D eigenvalue weighted by atomic mass is 16.5. The fraction of sp³-hybridized carbons (Fsp3) is 0.111. The van der Waals surface area contributed by atoms with Crippen LogP contribution in [0.4, 0.5) is 10.5 Å². The van der Waals surface area contributed by atoms with Crippen LogP contribution in [0.15, 0.2) is 90.1 Å². The predicted molar refractivity (Wildman–Crippen MR) is 136 cm³/mol. The number of carbonyl (C=O) groups excluding carboxylic acids is 2. The van der Waals surface area contributed by atoms with Gasteiger partial charge in [0, 0.05) is 29.8 Å². The van der Waals surface area contributed by atoms with E-state index in [-0.39, 0.29) is 29.4 Å². The summed E-state index contributed by atoms with van der Waals surface area (Å²) in [6, 6.07) is 20.4. The molecule has 3 N–H and O–H groups in total. The van der Waals surface area contributed by atoms with Gasteiger partial charge in [0.05, 0.1) is 11.8 Å². The van der Waals surface area contributed by atoms with Gasteiger partial charge in [0.15, 0.2) is 5.65 Å². The Hall–Kier alpha value is -4.92. The second-order valence-corrected chi connectivity index (χ2v) is 8.14. The first-order valence-electron chi connectivity index (χ1n) is 11.4. The maximum atomic E-state index is 12.9. The molecule has 0 aliphatic carbocycles. The minimum absolute atomic E-state index is 0.0533.